The standard InChI is InChI=1S/C15H20ClNO3/c1-9(16)14(18)17-13-7-5-6-12(8-13)15(4)19-10(2)11(3)20-15/h5-11H,1-4H3,(H,17,18). The summed E-state index contributed by atoms with van der Waals surface area (Å²) in [6.07, 6.45) is 0.0576. The Morgan fingerprint density at radius 1 is 1.35 bits per heavy atom. The lowest BCUT2D eigenvalue weighted by Gasteiger charge is -2.24. The second-order valence-electron chi connectivity index (χ2n) is 5.28. The van der Waals surface area contributed by atoms with E-state index in [-0.39, 0.29) is 18.1 Å². The minimum absolute atomic E-state index is 0.0288. The van der Waals surface area contributed by atoms with E-state index in [1.165, 1.54) is 0 Å². The molecule has 1 N–H and O–H groups in total. The first-order valence-electron chi connectivity index (χ1n) is 6.73. The van der Waals surface area contributed by atoms with E-state index in [4.69, 9.17) is 21.1 Å². The molecule has 3 atom stereocenters. The van der Waals surface area contributed by atoms with Gasteiger partial charge in [0.15, 0.2) is 5.79 Å². The van der Waals surface area contributed by atoms with Gasteiger partial charge in [0.2, 0.25) is 5.91 Å². The molecule has 0 radical (unpaired) electrons. The molecule has 0 aromatic heterocycles. The van der Waals surface area contributed by atoms with Crippen LogP contribution in [0, 0.1) is 0 Å². The van der Waals surface area contributed by atoms with Crippen LogP contribution in [-0.2, 0) is 20.1 Å². The molecule has 2 rings (SSSR count). The lowest BCUT2D eigenvalue weighted by atomic mass is 10.1. The number of halogens is 1. The monoisotopic (exact) mass is 297 g/mol. The summed E-state index contributed by atoms with van der Waals surface area (Å²) in [7, 11) is 0. The van der Waals surface area contributed by atoms with E-state index < -0.39 is 11.2 Å². The average molecular weight is 298 g/mol. The third kappa shape index (κ3) is 3.14. The van der Waals surface area contributed by atoms with E-state index in [1.807, 2.05) is 45.0 Å². The summed E-state index contributed by atoms with van der Waals surface area (Å²) in [4.78, 5) is 11.6. The van der Waals surface area contributed by atoms with Crippen molar-refractivity contribution in [1.82, 2.24) is 0 Å². The fourth-order valence-corrected chi connectivity index (χ4v) is 2.24. The Labute approximate surface area is 124 Å². The van der Waals surface area contributed by atoms with Crippen molar-refractivity contribution in [3.63, 3.8) is 0 Å². The molecule has 1 saturated heterocycles. The molecule has 1 aromatic carbocycles. The number of rotatable bonds is 3. The fraction of sp³-hybridized carbons (Fsp3) is 0.533. The maximum absolute atomic E-state index is 11.6. The van der Waals surface area contributed by atoms with Crippen LogP contribution in [0.2, 0.25) is 0 Å². The molecule has 1 aromatic rings. The number of benzene rings is 1. The minimum Gasteiger partial charge on any atom is -0.340 e. The number of carbonyl (C=O) groups excluding carboxylic acids is 1. The van der Waals surface area contributed by atoms with Crippen LogP contribution in [0.15, 0.2) is 24.3 Å². The van der Waals surface area contributed by atoms with Crippen molar-refractivity contribution in [3.8, 4) is 0 Å². The average Bonchev–Trinajstić information content (AvgIpc) is 2.64. The van der Waals surface area contributed by atoms with Gasteiger partial charge >= 0.3 is 0 Å². The summed E-state index contributed by atoms with van der Waals surface area (Å²) >= 11 is 5.75. The molecule has 5 heteroatoms. The van der Waals surface area contributed by atoms with Gasteiger partial charge in [-0.3, -0.25) is 4.79 Å². The zero-order valence-corrected chi connectivity index (χ0v) is 12.9. The Morgan fingerprint density at radius 2 is 1.95 bits per heavy atom. The molecular weight excluding hydrogens is 278 g/mol. The number of anilines is 1. The van der Waals surface area contributed by atoms with Gasteiger partial charge in [-0.15, -0.1) is 11.6 Å². The minimum atomic E-state index is -0.786. The quantitative estimate of drug-likeness (QED) is 0.871. The summed E-state index contributed by atoms with van der Waals surface area (Å²) in [5, 5.41) is 2.19. The van der Waals surface area contributed by atoms with Crippen molar-refractivity contribution in [3.05, 3.63) is 29.8 Å². The van der Waals surface area contributed by atoms with Crippen LogP contribution < -0.4 is 5.32 Å². The van der Waals surface area contributed by atoms with Crippen molar-refractivity contribution in [2.75, 3.05) is 5.32 Å². The van der Waals surface area contributed by atoms with Crippen LogP contribution in [-0.4, -0.2) is 23.5 Å². The lowest BCUT2D eigenvalue weighted by Crippen LogP contribution is -2.24. The van der Waals surface area contributed by atoms with Gasteiger partial charge in [-0.2, -0.15) is 0 Å². The Bertz CT molecular complexity index is 494. The zero-order chi connectivity index (χ0) is 14.9. The molecule has 1 aliphatic heterocycles. The van der Waals surface area contributed by atoms with E-state index in [0.717, 1.165) is 5.56 Å². The SMILES string of the molecule is CC(Cl)C(=O)Nc1cccc(C2(C)OC(C)C(C)O2)c1. The van der Waals surface area contributed by atoms with Gasteiger partial charge in [0.1, 0.15) is 5.38 Å². The van der Waals surface area contributed by atoms with Crippen LogP contribution in [0.4, 0.5) is 5.69 Å². The van der Waals surface area contributed by atoms with Crippen molar-refractivity contribution in [2.24, 2.45) is 0 Å². The molecule has 1 aliphatic rings. The second kappa shape index (κ2) is 5.72. The molecule has 3 unspecified atom stereocenters. The third-order valence-electron chi connectivity index (χ3n) is 3.50. The van der Waals surface area contributed by atoms with Gasteiger partial charge in [-0.05, 0) is 39.8 Å². The van der Waals surface area contributed by atoms with E-state index >= 15 is 0 Å². The molecule has 4 nitrogen and oxygen atoms in total. The summed E-state index contributed by atoms with van der Waals surface area (Å²) < 4.78 is 11.8. The van der Waals surface area contributed by atoms with Gasteiger partial charge in [0, 0.05) is 11.3 Å². The molecular formula is C15H20ClNO3. The number of hydrogen-bond acceptors (Lipinski definition) is 3. The smallest absolute Gasteiger partial charge is 0.242 e. The first-order valence-corrected chi connectivity index (χ1v) is 7.16. The fourth-order valence-electron chi connectivity index (χ4n) is 2.19. The maximum atomic E-state index is 11.6. The topological polar surface area (TPSA) is 47.6 Å². The molecule has 0 aliphatic carbocycles. The molecule has 1 fully saturated rings. The number of nitrogens with one attached hydrogen (secondary N) is 1. The number of amides is 1. The Hall–Kier alpha value is -1.10. The first-order chi connectivity index (χ1) is 9.32. The highest BCUT2D eigenvalue weighted by atomic mass is 35.5. The Kier molecular flexibility index (Phi) is 4.37. The highest BCUT2D eigenvalue weighted by Gasteiger charge is 2.41. The van der Waals surface area contributed by atoms with Crippen molar-refractivity contribution < 1.29 is 14.3 Å². The highest BCUT2D eigenvalue weighted by Crippen LogP contribution is 2.37. The van der Waals surface area contributed by atoms with Gasteiger partial charge < -0.3 is 14.8 Å². The van der Waals surface area contributed by atoms with Crippen LogP contribution in [0.1, 0.15) is 33.3 Å². The molecule has 20 heavy (non-hydrogen) atoms. The molecule has 0 bridgehead atoms. The normalized spacial score (nSPS) is 31.1. The van der Waals surface area contributed by atoms with E-state index in [2.05, 4.69) is 5.32 Å². The van der Waals surface area contributed by atoms with Crippen LogP contribution in [0.3, 0.4) is 0 Å². The van der Waals surface area contributed by atoms with Gasteiger partial charge in [-0.25, -0.2) is 0 Å². The van der Waals surface area contributed by atoms with Crippen LogP contribution >= 0.6 is 11.6 Å². The maximum Gasteiger partial charge on any atom is 0.242 e. The first kappa shape index (κ1) is 15.3. The third-order valence-corrected chi connectivity index (χ3v) is 3.70. The second-order valence-corrected chi connectivity index (χ2v) is 5.93. The predicted molar refractivity (Wildman–Crippen MR) is 78.8 cm³/mol. The van der Waals surface area contributed by atoms with Crippen LogP contribution in [0.25, 0.3) is 0 Å². The number of alkyl halides is 1. The predicted octanol–water partition coefficient (Wildman–Crippen LogP) is 3.25. The zero-order valence-electron chi connectivity index (χ0n) is 12.1. The molecule has 1 amide bonds. The van der Waals surface area contributed by atoms with E-state index in [1.54, 1.807) is 6.92 Å². The largest absolute Gasteiger partial charge is 0.340 e. The van der Waals surface area contributed by atoms with Gasteiger partial charge in [-0.1, -0.05) is 12.1 Å². The highest BCUT2D eigenvalue weighted by molar-refractivity contribution is 6.32. The lowest BCUT2D eigenvalue weighted by molar-refractivity contribution is -0.166. The van der Waals surface area contributed by atoms with E-state index in [9.17, 15) is 4.79 Å². The summed E-state index contributed by atoms with van der Waals surface area (Å²) in [6, 6.07) is 7.44. The summed E-state index contributed by atoms with van der Waals surface area (Å²) in [6.45, 7) is 7.49. The summed E-state index contributed by atoms with van der Waals surface area (Å²) in [5.74, 6) is -1.02. The van der Waals surface area contributed by atoms with Gasteiger partial charge in [0.05, 0.1) is 12.2 Å². The molecule has 0 saturated carbocycles. The number of hydrogen-bond donors (Lipinski definition) is 1. The Morgan fingerprint density at radius 3 is 2.50 bits per heavy atom. The van der Waals surface area contributed by atoms with Crippen molar-refractivity contribution >= 4 is 23.2 Å². The number of ether oxygens (including phenoxy) is 2. The summed E-state index contributed by atoms with van der Waals surface area (Å²) in [5.41, 5.74) is 1.55. The van der Waals surface area contributed by atoms with Gasteiger partial charge in [0.25, 0.3) is 0 Å². The van der Waals surface area contributed by atoms with Crippen LogP contribution in [0.5, 0.6) is 0 Å². The van der Waals surface area contributed by atoms with Crippen molar-refractivity contribution in [2.45, 2.75) is 51.1 Å². The number of carbonyl (C=O) groups is 1. The Balaban J connectivity index is 2.20. The molecule has 0 spiro atoms. The molecule has 110 valence electrons. The van der Waals surface area contributed by atoms with Crippen molar-refractivity contribution in [1.29, 1.82) is 0 Å². The molecule has 1 heterocycles. The van der Waals surface area contributed by atoms with E-state index in [0.29, 0.717) is 5.69 Å².